The average Bonchev–Trinajstić information content (AvgIpc) is 2.88. The lowest BCUT2D eigenvalue weighted by atomic mass is 10.1. The number of aromatic nitrogens is 1. The zero-order valence-electron chi connectivity index (χ0n) is 12.2. The Labute approximate surface area is 125 Å². The first-order chi connectivity index (χ1) is 9.67. The fourth-order valence-electron chi connectivity index (χ4n) is 2.82. The third-order valence-corrected chi connectivity index (χ3v) is 5.30. The molecule has 2 rings (SSSR count). The molecule has 0 aliphatic heterocycles. The summed E-state index contributed by atoms with van der Waals surface area (Å²) in [5.74, 6) is 1.35. The van der Waals surface area contributed by atoms with E-state index >= 15 is 0 Å². The maximum absolute atomic E-state index is 10.1. The van der Waals surface area contributed by atoms with Crippen LogP contribution in [0.5, 0.6) is 5.75 Å². The molecule has 0 aromatic carbocycles. The van der Waals surface area contributed by atoms with Crippen LogP contribution in [-0.2, 0) is 13.2 Å². The van der Waals surface area contributed by atoms with Gasteiger partial charge in [0.15, 0.2) is 0 Å². The highest BCUT2D eigenvalue weighted by Gasteiger charge is 2.27. The van der Waals surface area contributed by atoms with E-state index < -0.39 is 0 Å². The second-order valence-corrected chi connectivity index (χ2v) is 6.78. The number of aryl methyl sites for hydroxylation is 1. The van der Waals surface area contributed by atoms with Gasteiger partial charge in [-0.1, -0.05) is 13.3 Å². The van der Waals surface area contributed by atoms with E-state index in [9.17, 15) is 10.2 Å². The maximum atomic E-state index is 10.1. The monoisotopic (exact) mass is 296 g/mol. The SMILES string of the molecule is CCSC1CCCC1NCc1c(CO)cnc(C)c1O. The number of rotatable bonds is 6. The van der Waals surface area contributed by atoms with Crippen LogP contribution in [-0.4, -0.2) is 32.2 Å². The van der Waals surface area contributed by atoms with Crippen molar-refractivity contribution in [2.45, 2.75) is 57.6 Å². The molecule has 5 heteroatoms. The topological polar surface area (TPSA) is 65.4 Å². The van der Waals surface area contributed by atoms with Gasteiger partial charge in [0.05, 0.1) is 12.3 Å². The Kier molecular flexibility index (Phi) is 5.69. The van der Waals surface area contributed by atoms with Crippen molar-refractivity contribution in [3.8, 4) is 5.75 Å². The summed E-state index contributed by atoms with van der Waals surface area (Å²) in [6, 6.07) is 0.499. The number of pyridine rings is 1. The van der Waals surface area contributed by atoms with Crippen LogP contribution in [0.3, 0.4) is 0 Å². The third-order valence-electron chi connectivity index (χ3n) is 3.97. The Hall–Kier alpha value is -0.780. The molecule has 4 nitrogen and oxygen atoms in total. The minimum absolute atomic E-state index is 0.0876. The molecule has 3 N–H and O–H groups in total. The highest BCUT2D eigenvalue weighted by Crippen LogP contribution is 2.31. The average molecular weight is 296 g/mol. The van der Waals surface area contributed by atoms with E-state index in [1.54, 1.807) is 13.1 Å². The molecule has 0 bridgehead atoms. The number of nitrogens with one attached hydrogen (secondary N) is 1. The molecule has 0 radical (unpaired) electrons. The summed E-state index contributed by atoms with van der Waals surface area (Å²) in [7, 11) is 0. The first kappa shape index (κ1) is 15.6. The summed E-state index contributed by atoms with van der Waals surface area (Å²) in [5, 5.41) is 23.7. The zero-order chi connectivity index (χ0) is 14.5. The van der Waals surface area contributed by atoms with Gasteiger partial charge in [-0.25, -0.2) is 0 Å². The quantitative estimate of drug-likeness (QED) is 0.752. The van der Waals surface area contributed by atoms with Crippen LogP contribution in [0, 0.1) is 6.92 Å². The molecule has 1 aliphatic rings. The van der Waals surface area contributed by atoms with E-state index in [-0.39, 0.29) is 12.4 Å². The van der Waals surface area contributed by atoms with Crippen molar-refractivity contribution in [3.05, 3.63) is 23.0 Å². The molecule has 0 saturated heterocycles. The maximum Gasteiger partial charge on any atom is 0.141 e. The summed E-state index contributed by atoms with van der Waals surface area (Å²) in [5.41, 5.74) is 2.11. The fraction of sp³-hybridized carbons (Fsp3) is 0.667. The lowest BCUT2D eigenvalue weighted by molar-refractivity contribution is 0.278. The fourth-order valence-corrected chi connectivity index (χ4v) is 4.05. The predicted molar refractivity (Wildman–Crippen MR) is 83.0 cm³/mol. The summed E-state index contributed by atoms with van der Waals surface area (Å²) in [6.07, 6.45) is 5.38. The van der Waals surface area contributed by atoms with Crippen LogP contribution in [0.15, 0.2) is 6.20 Å². The van der Waals surface area contributed by atoms with E-state index in [4.69, 9.17) is 0 Å². The van der Waals surface area contributed by atoms with Gasteiger partial charge in [0.1, 0.15) is 5.75 Å². The Morgan fingerprint density at radius 2 is 2.25 bits per heavy atom. The Balaban J connectivity index is 2.05. The molecule has 20 heavy (non-hydrogen) atoms. The van der Waals surface area contributed by atoms with E-state index in [0.29, 0.717) is 29.1 Å². The van der Waals surface area contributed by atoms with Crippen molar-refractivity contribution >= 4 is 11.8 Å². The molecular formula is C15H24N2O2S. The minimum atomic E-state index is -0.0876. The molecule has 1 aliphatic carbocycles. The minimum Gasteiger partial charge on any atom is -0.506 e. The Morgan fingerprint density at radius 1 is 1.45 bits per heavy atom. The summed E-state index contributed by atoms with van der Waals surface area (Å²) >= 11 is 2.01. The molecule has 2 unspecified atom stereocenters. The molecule has 1 saturated carbocycles. The van der Waals surface area contributed by atoms with Crippen molar-refractivity contribution in [1.82, 2.24) is 10.3 Å². The molecule has 1 aromatic heterocycles. The Morgan fingerprint density at radius 3 is 2.95 bits per heavy atom. The van der Waals surface area contributed by atoms with E-state index in [2.05, 4.69) is 17.2 Å². The van der Waals surface area contributed by atoms with Crippen LogP contribution in [0.1, 0.15) is 43.0 Å². The lowest BCUT2D eigenvalue weighted by Crippen LogP contribution is -2.34. The number of nitrogens with zero attached hydrogens (tertiary/aromatic N) is 1. The van der Waals surface area contributed by atoms with Crippen LogP contribution < -0.4 is 5.32 Å². The summed E-state index contributed by atoms with van der Waals surface area (Å²) < 4.78 is 0. The van der Waals surface area contributed by atoms with Crippen molar-refractivity contribution < 1.29 is 10.2 Å². The zero-order valence-corrected chi connectivity index (χ0v) is 13.0. The van der Waals surface area contributed by atoms with Crippen LogP contribution in [0.4, 0.5) is 0 Å². The first-order valence-electron chi connectivity index (χ1n) is 7.29. The summed E-state index contributed by atoms with van der Waals surface area (Å²) in [6.45, 7) is 4.49. The lowest BCUT2D eigenvalue weighted by Gasteiger charge is -2.21. The van der Waals surface area contributed by atoms with E-state index in [1.165, 1.54) is 19.3 Å². The van der Waals surface area contributed by atoms with E-state index in [1.807, 2.05) is 11.8 Å². The smallest absolute Gasteiger partial charge is 0.141 e. The number of hydrogen-bond acceptors (Lipinski definition) is 5. The number of aliphatic hydroxyl groups excluding tert-OH is 1. The van der Waals surface area contributed by atoms with Gasteiger partial charge >= 0.3 is 0 Å². The third kappa shape index (κ3) is 3.45. The van der Waals surface area contributed by atoms with Gasteiger partial charge in [0, 0.05) is 35.2 Å². The van der Waals surface area contributed by atoms with Gasteiger partial charge in [0.2, 0.25) is 0 Å². The molecule has 2 atom stereocenters. The largest absolute Gasteiger partial charge is 0.506 e. The van der Waals surface area contributed by atoms with Crippen molar-refractivity contribution in [1.29, 1.82) is 0 Å². The van der Waals surface area contributed by atoms with Crippen LogP contribution in [0.25, 0.3) is 0 Å². The molecule has 1 aromatic rings. The van der Waals surface area contributed by atoms with Crippen molar-refractivity contribution in [3.63, 3.8) is 0 Å². The van der Waals surface area contributed by atoms with Crippen molar-refractivity contribution in [2.75, 3.05) is 5.75 Å². The predicted octanol–water partition coefficient (Wildman–Crippen LogP) is 2.35. The van der Waals surface area contributed by atoms with Gasteiger partial charge < -0.3 is 15.5 Å². The number of thioether (sulfide) groups is 1. The summed E-state index contributed by atoms with van der Waals surface area (Å²) in [4.78, 5) is 4.09. The van der Waals surface area contributed by atoms with Gasteiger partial charge in [-0.15, -0.1) is 0 Å². The second kappa shape index (κ2) is 7.29. The molecule has 1 fully saturated rings. The van der Waals surface area contributed by atoms with Gasteiger partial charge in [-0.05, 0) is 25.5 Å². The highest BCUT2D eigenvalue weighted by molar-refractivity contribution is 7.99. The van der Waals surface area contributed by atoms with Crippen LogP contribution >= 0.6 is 11.8 Å². The second-order valence-electron chi connectivity index (χ2n) is 5.27. The highest BCUT2D eigenvalue weighted by atomic mass is 32.2. The molecule has 0 amide bonds. The first-order valence-corrected chi connectivity index (χ1v) is 8.34. The number of aromatic hydroxyl groups is 1. The molecule has 0 spiro atoms. The Bertz CT molecular complexity index is 454. The van der Waals surface area contributed by atoms with Gasteiger partial charge in [-0.3, -0.25) is 4.98 Å². The number of aliphatic hydroxyl groups is 1. The van der Waals surface area contributed by atoms with E-state index in [0.717, 1.165) is 11.3 Å². The molecule has 112 valence electrons. The van der Waals surface area contributed by atoms with Gasteiger partial charge in [0.25, 0.3) is 0 Å². The molecule has 1 heterocycles. The normalized spacial score (nSPS) is 22.4. The van der Waals surface area contributed by atoms with Crippen LogP contribution in [0.2, 0.25) is 0 Å². The molecular weight excluding hydrogens is 272 g/mol. The van der Waals surface area contributed by atoms with Crippen molar-refractivity contribution in [2.24, 2.45) is 0 Å². The standard InChI is InChI=1S/C15H24N2O2S/c1-3-20-14-6-4-5-13(14)17-8-12-11(9-18)7-16-10(2)15(12)19/h7,13-14,17-19H,3-6,8-9H2,1-2H3. The number of hydrogen-bond donors (Lipinski definition) is 3. The van der Waals surface area contributed by atoms with Gasteiger partial charge in [-0.2, -0.15) is 11.8 Å².